The van der Waals surface area contributed by atoms with Gasteiger partial charge in [0, 0.05) is 23.2 Å². The number of nitrogen functional groups attached to an aromatic ring is 1. The summed E-state index contributed by atoms with van der Waals surface area (Å²) in [4.78, 5) is 21.1. The largest absolute Gasteiger partial charge is 0.383 e. The molecule has 1 aromatic carbocycles. The Hall–Kier alpha value is -3.22. The average Bonchev–Trinajstić information content (AvgIpc) is 3.11. The lowest BCUT2D eigenvalue weighted by Crippen LogP contribution is -2.26. The highest BCUT2D eigenvalue weighted by molar-refractivity contribution is 5.96. The first-order chi connectivity index (χ1) is 12.5. The molecule has 0 spiro atoms. The van der Waals surface area contributed by atoms with Crippen molar-refractivity contribution in [2.75, 3.05) is 5.73 Å². The van der Waals surface area contributed by atoms with E-state index >= 15 is 0 Å². The molecule has 2 heterocycles. The maximum Gasteiger partial charge on any atom is 0.251 e. The number of nitrogens with zero attached hydrogens (tertiary/aromatic N) is 3. The van der Waals surface area contributed by atoms with Crippen LogP contribution in [0.3, 0.4) is 0 Å². The van der Waals surface area contributed by atoms with Gasteiger partial charge in [-0.25, -0.2) is 4.98 Å². The molecule has 3 N–H and O–H groups in total. The summed E-state index contributed by atoms with van der Waals surface area (Å²) in [5.41, 5.74) is 9.01. The van der Waals surface area contributed by atoms with Crippen LogP contribution in [0, 0.1) is 6.92 Å². The number of nitrogens with two attached hydrogens (primary N) is 1. The van der Waals surface area contributed by atoms with Crippen molar-refractivity contribution in [3.63, 3.8) is 0 Å². The molecule has 0 aliphatic heterocycles. The molecular formula is C19H21N5O2. The van der Waals surface area contributed by atoms with Gasteiger partial charge in [-0.3, -0.25) is 4.79 Å². The summed E-state index contributed by atoms with van der Waals surface area (Å²) in [5, 5.41) is 6.72. The lowest BCUT2D eigenvalue weighted by Gasteiger charge is -2.11. The molecule has 2 aromatic heterocycles. The van der Waals surface area contributed by atoms with E-state index in [9.17, 15) is 4.79 Å². The smallest absolute Gasteiger partial charge is 0.251 e. The van der Waals surface area contributed by atoms with E-state index in [0.29, 0.717) is 29.5 Å². The van der Waals surface area contributed by atoms with Crippen molar-refractivity contribution in [2.45, 2.75) is 33.2 Å². The van der Waals surface area contributed by atoms with Crippen molar-refractivity contribution in [1.82, 2.24) is 20.4 Å². The molecule has 7 heteroatoms. The monoisotopic (exact) mass is 351 g/mol. The number of hydrogen-bond donors (Lipinski definition) is 2. The number of aryl methyl sites for hydroxylation is 2. The topological polar surface area (TPSA) is 107 Å². The van der Waals surface area contributed by atoms with Crippen molar-refractivity contribution in [3.8, 4) is 11.1 Å². The van der Waals surface area contributed by atoms with E-state index < -0.39 is 0 Å². The molecular weight excluding hydrogens is 330 g/mol. The van der Waals surface area contributed by atoms with Crippen LogP contribution in [-0.2, 0) is 6.42 Å². The number of hydrogen-bond acceptors (Lipinski definition) is 6. The number of anilines is 1. The quantitative estimate of drug-likeness (QED) is 0.731. The molecule has 0 saturated heterocycles. The van der Waals surface area contributed by atoms with Gasteiger partial charge in [0.2, 0.25) is 5.89 Å². The van der Waals surface area contributed by atoms with Gasteiger partial charge in [0.05, 0.1) is 0 Å². The van der Waals surface area contributed by atoms with E-state index in [-0.39, 0.29) is 11.9 Å². The highest BCUT2D eigenvalue weighted by Gasteiger charge is 2.17. The molecule has 3 rings (SSSR count). The van der Waals surface area contributed by atoms with Gasteiger partial charge < -0.3 is 15.6 Å². The van der Waals surface area contributed by atoms with E-state index in [1.807, 2.05) is 38.1 Å². The molecule has 7 nitrogen and oxygen atoms in total. The molecule has 0 aliphatic rings. The maximum atomic E-state index is 12.6. The van der Waals surface area contributed by atoms with Crippen LogP contribution in [0.2, 0.25) is 0 Å². The van der Waals surface area contributed by atoms with Crippen LogP contribution >= 0.6 is 0 Å². The Bertz CT molecular complexity index is 935. The third-order valence-electron chi connectivity index (χ3n) is 4.02. The van der Waals surface area contributed by atoms with Crippen molar-refractivity contribution in [1.29, 1.82) is 0 Å². The normalized spacial score (nSPS) is 12.0. The van der Waals surface area contributed by atoms with Gasteiger partial charge in [0.1, 0.15) is 11.9 Å². The summed E-state index contributed by atoms with van der Waals surface area (Å²) in [6, 6.07) is 10.7. The first-order valence-corrected chi connectivity index (χ1v) is 8.44. The number of carbonyl (C=O) groups is 1. The summed E-state index contributed by atoms with van der Waals surface area (Å²) in [5.74, 6) is 1.21. The standard InChI is InChI=1S/C19H21N5O2/c1-4-16-23-19(26-24-16)12(3)22-18(25)14-7-5-6-13(10-14)15-9-8-11(2)21-17(15)20/h5-10,12H,4H2,1-3H3,(H2,20,21)(H,22,25)/t12-/m0/s1. The molecule has 0 unspecified atom stereocenters. The zero-order valence-electron chi connectivity index (χ0n) is 15.0. The second-order valence-corrected chi connectivity index (χ2v) is 6.06. The lowest BCUT2D eigenvalue weighted by atomic mass is 10.0. The Morgan fingerprint density at radius 1 is 1.27 bits per heavy atom. The Labute approximate surface area is 151 Å². The molecule has 0 saturated carbocycles. The molecule has 134 valence electrons. The highest BCUT2D eigenvalue weighted by atomic mass is 16.5. The minimum absolute atomic E-state index is 0.228. The second kappa shape index (κ2) is 7.35. The zero-order chi connectivity index (χ0) is 18.7. The summed E-state index contributed by atoms with van der Waals surface area (Å²) in [6.07, 6.45) is 0.679. The van der Waals surface area contributed by atoms with Crippen molar-refractivity contribution >= 4 is 11.7 Å². The van der Waals surface area contributed by atoms with Gasteiger partial charge in [-0.15, -0.1) is 0 Å². The predicted molar refractivity (Wildman–Crippen MR) is 98.4 cm³/mol. The van der Waals surface area contributed by atoms with Crippen LogP contribution in [0.15, 0.2) is 40.9 Å². The van der Waals surface area contributed by atoms with E-state index in [2.05, 4.69) is 20.4 Å². The van der Waals surface area contributed by atoms with E-state index in [1.54, 1.807) is 19.1 Å². The number of pyridine rings is 1. The number of benzene rings is 1. The third-order valence-corrected chi connectivity index (χ3v) is 4.02. The summed E-state index contributed by atoms with van der Waals surface area (Å²) >= 11 is 0. The highest BCUT2D eigenvalue weighted by Crippen LogP contribution is 2.25. The minimum Gasteiger partial charge on any atom is -0.383 e. The SMILES string of the molecule is CCc1noc([C@H](C)NC(=O)c2cccc(-c3ccc(C)nc3N)c2)n1. The van der Waals surface area contributed by atoms with Crippen molar-refractivity contribution < 1.29 is 9.32 Å². The van der Waals surface area contributed by atoms with E-state index in [0.717, 1.165) is 16.8 Å². The Morgan fingerprint density at radius 3 is 2.77 bits per heavy atom. The molecule has 0 bridgehead atoms. The van der Waals surface area contributed by atoms with Crippen LogP contribution < -0.4 is 11.1 Å². The van der Waals surface area contributed by atoms with Crippen molar-refractivity contribution in [2.24, 2.45) is 0 Å². The minimum atomic E-state index is -0.384. The Morgan fingerprint density at radius 2 is 2.08 bits per heavy atom. The fourth-order valence-corrected chi connectivity index (χ4v) is 2.58. The molecule has 3 aromatic rings. The molecule has 0 aliphatic carbocycles. The van der Waals surface area contributed by atoms with Gasteiger partial charge in [0.25, 0.3) is 5.91 Å². The summed E-state index contributed by atoms with van der Waals surface area (Å²) < 4.78 is 5.17. The Kier molecular flexibility index (Phi) is 4.97. The third kappa shape index (κ3) is 3.72. The number of carbonyl (C=O) groups excluding carboxylic acids is 1. The van der Waals surface area contributed by atoms with Gasteiger partial charge in [0.15, 0.2) is 5.82 Å². The van der Waals surface area contributed by atoms with Crippen LogP contribution in [0.4, 0.5) is 5.82 Å². The van der Waals surface area contributed by atoms with Gasteiger partial charge in [-0.05, 0) is 43.7 Å². The molecule has 0 fully saturated rings. The van der Waals surface area contributed by atoms with Gasteiger partial charge in [-0.1, -0.05) is 24.2 Å². The fraction of sp³-hybridized carbons (Fsp3) is 0.263. The molecule has 26 heavy (non-hydrogen) atoms. The molecule has 0 radical (unpaired) electrons. The summed E-state index contributed by atoms with van der Waals surface area (Å²) in [7, 11) is 0. The maximum absolute atomic E-state index is 12.6. The Balaban J connectivity index is 1.79. The predicted octanol–water partition coefficient (Wildman–Crippen LogP) is 3.08. The molecule has 1 atom stereocenters. The number of aromatic nitrogens is 3. The molecule has 1 amide bonds. The first-order valence-electron chi connectivity index (χ1n) is 8.44. The van der Waals surface area contributed by atoms with Gasteiger partial charge in [-0.2, -0.15) is 4.98 Å². The van der Waals surface area contributed by atoms with Gasteiger partial charge >= 0.3 is 0 Å². The van der Waals surface area contributed by atoms with Crippen LogP contribution in [-0.4, -0.2) is 21.0 Å². The number of amides is 1. The second-order valence-electron chi connectivity index (χ2n) is 6.06. The summed E-state index contributed by atoms with van der Waals surface area (Å²) in [6.45, 7) is 5.62. The van der Waals surface area contributed by atoms with E-state index in [4.69, 9.17) is 10.3 Å². The number of nitrogens with one attached hydrogen (secondary N) is 1. The zero-order valence-corrected chi connectivity index (χ0v) is 15.0. The number of rotatable bonds is 5. The first kappa shape index (κ1) is 17.6. The van der Waals surface area contributed by atoms with Crippen LogP contribution in [0.1, 0.15) is 47.7 Å². The van der Waals surface area contributed by atoms with E-state index in [1.165, 1.54) is 0 Å². The average molecular weight is 351 g/mol. The van der Waals surface area contributed by atoms with Crippen LogP contribution in [0.25, 0.3) is 11.1 Å². The van der Waals surface area contributed by atoms with Crippen LogP contribution in [0.5, 0.6) is 0 Å². The lowest BCUT2D eigenvalue weighted by molar-refractivity contribution is 0.0932. The fourth-order valence-electron chi connectivity index (χ4n) is 2.58. The van der Waals surface area contributed by atoms with Crippen molar-refractivity contribution in [3.05, 3.63) is 59.4 Å².